The van der Waals surface area contributed by atoms with Crippen LogP contribution in [-0.4, -0.2) is 54.3 Å². The SMILES string of the molecule is COc1cc(C[C@H]2CO[C@H](c3ccc(O)c(OC)c3)[C@@]2(O)COC(C)=O)ccc1O. The first-order chi connectivity index (χ1) is 14.3. The van der Waals surface area contributed by atoms with E-state index in [0.29, 0.717) is 17.7 Å². The van der Waals surface area contributed by atoms with Crippen molar-refractivity contribution in [3.8, 4) is 23.0 Å². The highest BCUT2D eigenvalue weighted by Crippen LogP contribution is 2.45. The lowest BCUT2D eigenvalue weighted by atomic mass is 9.80. The van der Waals surface area contributed by atoms with Crippen LogP contribution in [0.3, 0.4) is 0 Å². The quantitative estimate of drug-likeness (QED) is 0.587. The first kappa shape index (κ1) is 21.7. The zero-order valence-corrected chi connectivity index (χ0v) is 17.1. The number of hydrogen-bond donors (Lipinski definition) is 3. The Labute approximate surface area is 174 Å². The number of hydrogen-bond acceptors (Lipinski definition) is 8. The highest BCUT2D eigenvalue weighted by atomic mass is 16.6. The third-order valence-corrected chi connectivity index (χ3v) is 5.36. The Bertz CT molecular complexity index is 912. The van der Waals surface area contributed by atoms with E-state index in [4.69, 9.17) is 18.9 Å². The molecule has 0 aliphatic carbocycles. The number of ether oxygens (including phenoxy) is 4. The number of methoxy groups -OCH3 is 2. The molecule has 8 nitrogen and oxygen atoms in total. The molecule has 8 heteroatoms. The second-order valence-electron chi connectivity index (χ2n) is 7.32. The molecule has 3 rings (SSSR count). The normalized spacial score (nSPS) is 23.2. The molecule has 1 saturated heterocycles. The van der Waals surface area contributed by atoms with Crippen LogP contribution >= 0.6 is 0 Å². The lowest BCUT2D eigenvalue weighted by molar-refractivity contribution is -0.156. The molecule has 0 radical (unpaired) electrons. The fraction of sp³-hybridized carbons (Fsp3) is 0.409. The molecule has 0 aromatic heterocycles. The number of aromatic hydroxyl groups is 2. The van der Waals surface area contributed by atoms with Gasteiger partial charge >= 0.3 is 5.97 Å². The van der Waals surface area contributed by atoms with E-state index >= 15 is 0 Å². The molecule has 1 aliphatic heterocycles. The van der Waals surface area contributed by atoms with Gasteiger partial charge in [-0.05, 0) is 41.8 Å². The van der Waals surface area contributed by atoms with Crippen molar-refractivity contribution in [3.63, 3.8) is 0 Å². The van der Waals surface area contributed by atoms with E-state index < -0.39 is 23.6 Å². The van der Waals surface area contributed by atoms with Gasteiger partial charge in [-0.1, -0.05) is 12.1 Å². The topological polar surface area (TPSA) is 115 Å². The van der Waals surface area contributed by atoms with Gasteiger partial charge in [0.05, 0.1) is 20.8 Å². The highest BCUT2D eigenvalue weighted by Gasteiger charge is 2.52. The lowest BCUT2D eigenvalue weighted by Crippen LogP contribution is -2.45. The molecule has 1 fully saturated rings. The maximum Gasteiger partial charge on any atom is 0.302 e. The third-order valence-electron chi connectivity index (χ3n) is 5.36. The van der Waals surface area contributed by atoms with Crippen LogP contribution in [0.2, 0.25) is 0 Å². The Morgan fingerprint density at radius 1 is 1.10 bits per heavy atom. The summed E-state index contributed by atoms with van der Waals surface area (Å²) in [6, 6.07) is 9.64. The zero-order chi connectivity index (χ0) is 21.9. The molecule has 1 aliphatic rings. The predicted molar refractivity (Wildman–Crippen MR) is 107 cm³/mol. The number of aliphatic hydroxyl groups is 1. The number of phenols is 2. The molecule has 0 unspecified atom stereocenters. The molecule has 0 amide bonds. The summed E-state index contributed by atoms with van der Waals surface area (Å²) in [6.45, 7) is 1.24. The van der Waals surface area contributed by atoms with Crippen molar-refractivity contribution in [1.82, 2.24) is 0 Å². The molecule has 3 atom stereocenters. The van der Waals surface area contributed by atoms with Crippen molar-refractivity contribution >= 4 is 5.97 Å². The van der Waals surface area contributed by atoms with Crippen molar-refractivity contribution in [2.45, 2.75) is 25.0 Å². The minimum atomic E-state index is -1.52. The van der Waals surface area contributed by atoms with Gasteiger partial charge in [0, 0.05) is 12.8 Å². The standard InChI is InChI=1S/C22H26O8/c1-13(23)30-12-22(26)16(8-14-4-6-17(24)19(9-14)27-2)11-29-21(22)15-5-7-18(25)20(10-15)28-3/h4-7,9-10,16,21,24-26H,8,11-12H2,1-3H3/t16-,21+,22+/m0/s1. The van der Waals surface area contributed by atoms with Crippen LogP contribution in [0, 0.1) is 5.92 Å². The van der Waals surface area contributed by atoms with Crippen molar-refractivity contribution in [2.24, 2.45) is 5.92 Å². The largest absolute Gasteiger partial charge is 0.504 e. The smallest absolute Gasteiger partial charge is 0.302 e. The summed E-state index contributed by atoms with van der Waals surface area (Å²) in [5.74, 6) is -0.352. The summed E-state index contributed by atoms with van der Waals surface area (Å²) in [4.78, 5) is 11.4. The van der Waals surface area contributed by atoms with Gasteiger partial charge in [-0.15, -0.1) is 0 Å². The molecule has 2 aromatic rings. The van der Waals surface area contributed by atoms with Gasteiger partial charge in [-0.25, -0.2) is 0 Å². The fourth-order valence-corrected chi connectivity index (χ4v) is 3.74. The average molecular weight is 418 g/mol. The van der Waals surface area contributed by atoms with Gasteiger partial charge in [0.2, 0.25) is 0 Å². The molecule has 1 heterocycles. The van der Waals surface area contributed by atoms with Crippen molar-refractivity contribution in [1.29, 1.82) is 0 Å². The maximum absolute atomic E-state index is 11.6. The highest BCUT2D eigenvalue weighted by molar-refractivity contribution is 5.66. The van der Waals surface area contributed by atoms with E-state index in [1.165, 1.54) is 33.3 Å². The number of phenolic OH excluding ortho intramolecular Hbond substituents is 2. The first-order valence-electron chi connectivity index (χ1n) is 9.48. The second-order valence-corrected chi connectivity index (χ2v) is 7.32. The summed E-state index contributed by atoms with van der Waals surface area (Å²) >= 11 is 0. The zero-order valence-electron chi connectivity index (χ0n) is 17.1. The number of benzene rings is 2. The number of rotatable bonds is 7. The third kappa shape index (κ3) is 4.29. The molecule has 2 aromatic carbocycles. The van der Waals surface area contributed by atoms with E-state index in [0.717, 1.165) is 5.56 Å². The molecule has 162 valence electrons. The van der Waals surface area contributed by atoms with Crippen LogP contribution in [0.15, 0.2) is 36.4 Å². The van der Waals surface area contributed by atoms with Gasteiger partial charge < -0.3 is 34.3 Å². The molecular weight excluding hydrogens is 392 g/mol. The summed E-state index contributed by atoms with van der Waals surface area (Å²) in [6.07, 6.45) is -0.393. The lowest BCUT2D eigenvalue weighted by Gasteiger charge is -2.33. The summed E-state index contributed by atoms with van der Waals surface area (Å²) in [5, 5.41) is 31.3. The first-order valence-corrected chi connectivity index (χ1v) is 9.48. The Balaban J connectivity index is 1.92. The molecule has 0 spiro atoms. The molecule has 3 N–H and O–H groups in total. The summed E-state index contributed by atoms with van der Waals surface area (Å²) < 4.78 is 21.4. The van der Waals surface area contributed by atoms with Crippen molar-refractivity contribution in [2.75, 3.05) is 27.4 Å². The van der Waals surface area contributed by atoms with Gasteiger partial charge in [0.1, 0.15) is 18.3 Å². The van der Waals surface area contributed by atoms with Crippen molar-refractivity contribution in [3.05, 3.63) is 47.5 Å². The molecular formula is C22H26O8. The van der Waals surface area contributed by atoms with Crippen LogP contribution in [0.5, 0.6) is 23.0 Å². The minimum absolute atomic E-state index is 0.0214. The summed E-state index contributed by atoms with van der Waals surface area (Å²) in [5.41, 5.74) is -0.104. The van der Waals surface area contributed by atoms with E-state index in [9.17, 15) is 20.1 Å². The van der Waals surface area contributed by atoms with Crippen LogP contribution in [0.4, 0.5) is 0 Å². The van der Waals surface area contributed by atoms with Crippen LogP contribution in [0.1, 0.15) is 24.2 Å². The second kappa shape index (κ2) is 8.81. The van der Waals surface area contributed by atoms with Crippen molar-refractivity contribution < 1.29 is 39.1 Å². The van der Waals surface area contributed by atoms with E-state index in [2.05, 4.69) is 0 Å². The predicted octanol–water partition coefficient (Wildman–Crippen LogP) is 2.34. The van der Waals surface area contributed by atoms with E-state index in [1.807, 2.05) is 0 Å². The number of esters is 1. The Morgan fingerprint density at radius 3 is 2.37 bits per heavy atom. The van der Waals surface area contributed by atoms with Crippen LogP contribution < -0.4 is 9.47 Å². The van der Waals surface area contributed by atoms with Crippen LogP contribution in [-0.2, 0) is 20.7 Å². The number of carbonyl (C=O) groups excluding carboxylic acids is 1. The van der Waals surface area contributed by atoms with Gasteiger partial charge in [-0.2, -0.15) is 0 Å². The number of carbonyl (C=O) groups is 1. The van der Waals surface area contributed by atoms with Gasteiger partial charge in [0.25, 0.3) is 0 Å². The van der Waals surface area contributed by atoms with E-state index in [-0.39, 0.29) is 30.5 Å². The minimum Gasteiger partial charge on any atom is -0.504 e. The Kier molecular flexibility index (Phi) is 6.38. The molecule has 30 heavy (non-hydrogen) atoms. The fourth-order valence-electron chi connectivity index (χ4n) is 3.74. The monoisotopic (exact) mass is 418 g/mol. The summed E-state index contributed by atoms with van der Waals surface area (Å²) in [7, 11) is 2.89. The van der Waals surface area contributed by atoms with E-state index in [1.54, 1.807) is 24.3 Å². The van der Waals surface area contributed by atoms with Crippen LogP contribution in [0.25, 0.3) is 0 Å². The maximum atomic E-state index is 11.6. The molecule has 0 bridgehead atoms. The average Bonchev–Trinajstić information content (AvgIpc) is 3.04. The Morgan fingerprint density at radius 2 is 1.73 bits per heavy atom. The molecule has 0 saturated carbocycles. The van der Waals surface area contributed by atoms with Gasteiger partial charge in [-0.3, -0.25) is 4.79 Å². The Hall–Kier alpha value is -2.97. The van der Waals surface area contributed by atoms with Gasteiger partial charge in [0.15, 0.2) is 23.0 Å².